The molecule has 2 saturated carbocycles. The van der Waals surface area contributed by atoms with Gasteiger partial charge in [0.1, 0.15) is 12.2 Å². The van der Waals surface area contributed by atoms with E-state index < -0.39 is 11.2 Å². The molecule has 0 spiro atoms. The van der Waals surface area contributed by atoms with Gasteiger partial charge >= 0.3 is 0 Å². The van der Waals surface area contributed by atoms with Crippen molar-refractivity contribution in [1.82, 2.24) is 24.8 Å². The lowest BCUT2D eigenvalue weighted by Gasteiger charge is -2.24. The highest BCUT2D eigenvalue weighted by Gasteiger charge is 2.79. The Kier molecular flexibility index (Phi) is 5.11. The summed E-state index contributed by atoms with van der Waals surface area (Å²) >= 11 is 8.25. The van der Waals surface area contributed by atoms with Gasteiger partial charge in [-0.05, 0) is 38.0 Å². The molecular weight excluding hydrogens is 571 g/mol. The zero-order chi connectivity index (χ0) is 23.8. The fourth-order valence-corrected chi connectivity index (χ4v) is 6.45. The Balaban J connectivity index is 1.37. The van der Waals surface area contributed by atoms with Crippen molar-refractivity contribution in [1.29, 1.82) is 0 Å². The fraction of sp³-hybridized carbons (Fsp3) is 0.478. The molecule has 11 heteroatoms. The van der Waals surface area contributed by atoms with E-state index in [1.54, 1.807) is 13.4 Å². The molecule has 2 N–H and O–H groups in total. The molecule has 3 aromatic rings. The number of carbonyl (C=O) groups excluding carboxylic acids is 1. The van der Waals surface area contributed by atoms with Crippen molar-refractivity contribution in [2.45, 2.75) is 50.8 Å². The Morgan fingerprint density at radius 1 is 1.32 bits per heavy atom. The summed E-state index contributed by atoms with van der Waals surface area (Å²) in [6.45, 7) is 4.34. The van der Waals surface area contributed by atoms with Crippen LogP contribution in [0.1, 0.15) is 31.9 Å². The number of amides is 1. The zero-order valence-corrected chi connectivity index (χ0v) is 21.8. The maximum atomic E-state index is 12.9. The van der Waals surface area contributed by atoms with Crippen molar-refractivity contribution in [3.8, 4) is 0 Å². The zero-order valence-electron chi connectivity index (χ0n) is 18.9. The van der Waals surface area contributed by atoms with Crippen LogP contribution in [0, 0.1) is 15.2 Å². The maximum Gasteiger partial charge on any atom is 0.229 e. The van der Waals surface area contributed by atoms with Crippen LogP contribution in [0.25, 0.3) is 11.2 Å². The van der Waals surface area contributed by atoms with E-state index >= 15 is 0 Å². The predicted molar refractivity (Wildman–Crippen MR) is 134 cm³/mol. The SMILES string of the molecule is CNC(=O)[C@]12C[C@H]1[C@H](n1cnc3c(NCc4cccc(Cl)c4)nc(I)nc31)[C@H]1OC(C)(C)O[C@H]12. The van der Waals surface area contributed by atoms with Crippen molar-refractivity contribution >= 4 is 57.1 Å². The molecule has 9 nitrogen and oxygen atoms in total. The first-order chi connectivity index (χ1) is 16.2. The van der Waals surface area contributed by atoms with E-state index in [0.717, 1.165) is 12.0 Å². The third-order valence-electron chi connectivity index (χ3n) is 7.16. The monoisotopic (exact) mass is 594 g/mol. The number of fused-ring (bicyclic) bond motifs is 4. The molecule has 3 fully saturated rings. The van der Waals surface area contributed by atoms with Gasteiger partial charge < -0.3 is 24.7 Å². The van der Waals surface area contributed by atoms with E-state index in [0.29, 0.717) is 32.4 Å². The lowest BCUT2D eigenvalue weighted by Crippen LogP contribution is -2.40. The fourth-order valence-electron chi connectivity index (χ4n) is 5.76. The number of ether oxygens (including phenoxy) is 2. The van der Waals surface area contributed by atoms with Gasteiger partial charge in [-0.1, -0.05) is 23.7 Å². The number of carbonyl (C=O) groups is 1. The highest BCUT2D eigenvalue weighted by molar-refractivity contribution is 14.1. The van der Waals surface area contributed by atoms with E-state index in [9.17, 15) is 4.79 Å². The number of hydrogen-bond acceptors (Lipinski definition) is 7. The van der Waals surface area contributed by atoms with Gasteiger partial charge in [0.05, 0.1) is 17.8 Å². The summed E-state index contributed by atoms with van der Waals surface area (Å²) in [4.78, 5) is 26.9. The van der Waals surface area contributed by atoms with Gasteiger partial charge in [-0.3, -0.25) is 4.79 Å². The van der Waals surface area contributed by atoms with Gasteiger partial charge in [-0.15, -0.1) is 0 Å². The molecule has 1 amide bonds. The minimum Gasteiger partial charge on any atom is -0.364 e. The molecule has 0 unspecified atom stereocenters. The number of nitrogens with one attached hydrogen (secondary N) is 2. The summed E-state index contributed by atoms with van der Waals surface area (Å²) in [7, 11) is 1.68. The Morgan fingerprint density at radius 3 is 2.91 bits per heavy atom. The summed E-state index contributed by atoms with van der Waals surface area (Å²) in [5.74, 6) is -0.00811. The quantitative estimate of drug-likeness (QED) is 0.344. The third-order valence-corrected chi connectivity index (χ3v) is 7.88. The molecule has 34 heavy (non-hydrogen) atoms. The lowest BCUT2D eigenvalue weighted by molar-refractivity contribution is -0.164. The average molecular weight is 595 g/mol. The van der Waals surface area contributed by atoms with E-state index in [2.05, 4.69) is 47.8 Å². The minimum absolute atomic E-state index is 0.00815. The smallest absolute Gasteiger partial charge is 0.229 e. The molecule has 0 radical (unpaired) electrons. The van der Waals surface area contributed by atoms with Crippen molar-refractivity contribution in [3.63, 3.8) is 0 Å². The van der Waals surface area contributed by atoms with Crippen LogP contribution in [0.5, 0.6) is 0 Å². The second kappa shape index (κ2) is 7.74. The van der Waals surface area contributed by atoms with Gasteiger partial charge in [0.15, 0.2) is 26.6 Å². The Hall–Kier alpha value is -2.02. The van der Waals surface area contributed by atoms with Crippen LogP contribution in [0.15, 0.2) is 30.6 Å². The number of rotatable bonds is 5. The molecule has 3 aliphatic rings. The molecular formula is C23H24ClIN6O3. The first kappa shape index (κ1) is 22.4. The maximum absolute atomic E-state index is 12.9. The van der Waals surface area contributed by atoms with Gasteiger partial charge in [0.2, 0.25) is 5.91 Å². The third kappa shape index (κ3) is 3.33. The normalized spacial score (nSPS) is 30.7. The molecule has 6 rings (SSSR count). The molecule has 5 atom stereocenters. The Labute approximate surface area is 215 Å². The standard InChI is InChI=1S/C23H24ClIN6O3/c1-22(2)33-16-15(13-8-23(13,17(16)34-22)20(32)26-3)31-10-28-14-18(29-21(25)30-19(14)31)27-9-11-5-4-6-12(24)7-11/h4-7,10,13,15-17H,8-9H2,1-3H3,(H,26,32)(H,27,29,30)/t13-,15-,16+,17+,23+/m0/s1. The van der Waals surface area contributed by atoms with Crippen LogP contribution >= 0.6 is 34.2 Å². The molecule has 1 saturated heterocycles. The molecule has 1 aromatic carbocycles. The Morgan fingerprint density at radius 2 is 2.15 bits per heavy atom. The first-order valence-corrected chi connectivity index (χ1v) is 12.7. The van der Waals surface area contributed by atoms with Gasteiger partial charge in [-0.25, -0.2) is 15.0 Å². The van der Waals surface area contributed by atoms with E-state index in [4.69, 9.17) is 26.1 Å². The first-order valence-electron chi connectivity index (χ1n) is 11.2. The number of anilines is 1. The second-order valence-corrected chi connectivity index (χ2v) is 11.0. The van der Waals surface area contributed by atoms with Gasteiger partial charge in [0, 0.05) is 47.1 Å². The summed E-state index contributed by atoms with van der Waals surface area (Å²) < 4.78 is 15.2. The van der Waals surface area contributed by atoms with Crippen molar-refractivity contribution in [2.75, 3.05) is 12.4 Å². The summed E-state index contributed by atoms with van der Waals surface area (Å²) in [6, 6.07) is 7.58. The molecule has 3 heterocycles. The van der Waals surface area contributed by atoms with Crippen molar-refractivity contribution in [3.05, 3.63) is 45.0 Å². The van der Waals surface area contributed by atoms with E-state index in [1.807, 2.05) is 38.1 Å². The summed E-state index contributed by atoms with van der Waals surface area (Å²) in [5, 5.41) is 6.91. The van der Waals surface area contributed by atoms with Crippen LogP contribution in [0.3, 0.4) is 0 Å². The molecule has 0 bridgehead atoms. The van der Waals surface area contributed by atoms with E-state index in [1.165, 1.54) is 0 Å². The molecule has 1 aliphatic heterocycles. The summed E-state index contributed by atoms with van der Waals surface area (Å²) in [5.41, 5.74) is 1.85. The lowest BCUT2D eigenvalue weighted by atomic mass is 9.98. The Bertz CT molecular complexity index is 1320. The van der Waals surface area contributed by atoms with Crippen LogP contribution in [0.2, 0.25) is 5.02 Å². The number of halogens is 2. The van der Waals surface area contributed by atoms with Crippen LogP contribution in [-0.4, -0.2) is 50.5 Å². The predicted octanol–water partition coefficient (Wildman–Crippen LogP) is 3.52. The molecule has 178 valence electrons. The van der Waals surface area contributed by atoms with Crippen molar-refractivity contribution < 1.29 is 14.3 Å². The van der Waals surface area contributed by atoms with Crippen LogP contribution in [0.4, 0.5) is 5.82 Å². The summed E-state index contributed by atoms with van der Waals surface area (Å²) in [6.07, 6.45) is 1.96. The van der Waals surface area contributed by atoms with Crippen LogP contribution in [-0.2, 0) is 20.8 Å². The molecule has 2 aromatic heterocycles. The molecule has 2 aliphatic carbocycles. The largest absolute Gasteiger partial charge is 0.364 e. The average Bonchev–Trinajstić information content (AvgIpc) is 3.11. The van der Waals surface area contributed by atoms with Crippen molar-refractivity contribution in [2.24, 2.45) is 11.3 Å². The minimum atomic E-state index is -0.758. The number of aromatic nitrogens is 4. The highest BCUT2D eigenvalue weighted by atomic mass is 127. The number of nitrogens with zero attached hydrogens (tertiary/aromatic N) is 4. The van der Waals surface area contributed by atoms with Gasteiger partial charge in [0.25, 0.3) is 0 Å². The van der Waals surface area contributed by atoms with Crippen LogP contribution < -0.4 is 10.6 Å². The number of imidazole rings is 1. The van der Waals surface area contributed by atoms with Gasteiger partial charge in [-0.2, -0.15) is 0 Å². The van der Waals surface area contributed by atoms with E-state index in [-0.39, 0.29) is 30.1 Å². The highest BCUT2D eigenvalue weighted by Crippen LogP contribution is 2.71. The second-order valence-electron chi connectivity index (χ2n) is 9.59. The number of benzene rings is 1. The topological polar surface area (TPSA) is 103 Å². The number of hydrogen-bond donors (Lipinski definition) is 2.